The lowest BCUT2D eigenvalue weighted by molar-refractivity contribution is -0.893. The minimum absolute atomic E-state index is 0.0409. The van der Waals surface area contributed by atoms with Crippen molar-refractivity contribution in [2.45, 2.75) is 39.7 Å². The van der Waals surface area contributed by atoms with Gasteiger partial charge < -0.3 is 19.5 Å². The van der Waals surface area contributed by atoms with Gasteiger partial charge in [0.1, 0.15) is 12.6 Å². The summed E-state index contributed by atoms with van der Waals surface area (Å²) >= 11 is 0. The highest BCUT2D eigenvalue weighted by molar-refractivity contribution is 6.03. The quantitative estimate of drug-likeness (QED) is 0.500. The number of carboxylic acids is 1. The maximum atomic E-state index is 11.7. The number of hydrogen-bond donors (Lipinski definition) is 1. The predicted molar refractivity (Wildman–Crippen MR) is 79.3 cm³/mol. The van der Waals surface area contributed by atoms with Crippen LogP contribution in [-0.2, 0) is 14.4 Å². The van der Waals surface area contributed by atoms with Crippen molar-refractivity contribution in [2.24, 2.45) is 5.92 Å². The first-order chi connectivity index (χ1) is 9.96. The van der Waals surface area contributed by atoms with E-state index in [4.69, 9.17) is 9.90 Å². The standard InChI is InChI=1S/C13H25N2O3.C2H4O2/c1-10-8-12(17)14(13(10)18)6-5-7-15(3,4)9-11(2)16;1-2(3)4/h10-11,16H,5-9H2,1-4H3;1H3,(H,3,4)/q+1;/p-1. The first-order valence-corrected chi connectivity index (χ1v) is 7.48. The van der Waals surface area contributed by atoms with Crippen LogP contribution in [0, 0.1) is 5.92 Å². The largest absolute Gasteiger partial charge is 0.550 e. The molecule has 1 aliphatic rings. The minimum Gasteiger partial charge on any atom is -0.550 e. The number of hydrogen-bond acceptors (Lipinski definition) is 5. The van der Waals surface area contributed by atoms with Crippen LogP contribution in [0.15, 0.2) is 0 Å². The van der Waals surface area contributed by atoms with Crippen molar-refractivity contribution in [3.05, 3.63) is 0 Å². The molecular weight excluding hydrogens is 288 g/mol. The molecule has 1 N–H and O–H groups in total. The second-order valence-electron chi connectivity index (χ2n) is 6.52. The summed E-state index contributed by atoms with van der Waals surface area (Å²) in [5, 5.41) is 18.3. The Balaban J connectivity index is 0.000000980. The van der Waals surface area contributed by atoms with Gasteiger partial charge in [-0.2, -0.15) is 0 Å². The summed E-state index contributed by atoms with van der Waals surface area (Å²) in [5.74, 6) is -1.33. The maximum Gasteiger partial charge on any atom is 0.232 e. The summed E-state index contributed by atoms with van der Waals surface area (Å²) in [5.41, 5.74) is 0. The topological polar surface area (TPSA) is 97.7 Å². The van der Waals surface area contributed by atoms with Crippen LogP contribution >= 0.6 is 0 Å². The van der Waals surface area contributed by atoms with E-state index in [2.05, 4.69) is 0 Å². The number of aliphatic hydroxyl groups excluding tert-OH is 1. The summed E-state index contributed by atoms with van der Waals surface area (Å²) in [7, 11) is 4.09. The van der Waals surface area contributed by atoms with Gasteiger partial charge in [-0.15, -0.1) is 0 Å². The molecule has 1 saturated heterocycles. The molecule has 0 aromatic carbocycles. The first-order valence-electron chi connectivity index (χ1n) is 7.48. The molecule has 7 heteroatoms. The van der Waals surface area contributed by atoms with E-state index in [1.54, 1.807) is 13.8 Å². The Labute approximate surface area is 132 Å². The van der Waals surface area contributed by atoms with E-state index in [0.29, 0.717) is 24.0 Å². The van der Waals surface area contributed by atoms with Crippen molar-refractivity contribution in [2.75, 3.05) is 33.7 Å². The van der Waals surface area contributed by atoms with Gasteiger partial charge in [0.25, 0.3) is 0 Å². The number of rotatable bonds is 6. The normalized spacial score (nSPS) is 19.7. The zero-order chi connectivity index (χ0) is 17.5. The number of carboxylic acid groups (broad SMARTS) is 1. The van der Waals surface area contributed by atoms with Gasteiger partial charge in [-0.25, -0.2) is 0 Å². The Kier molecular flexibility index (Phi) is 8.26. The highest BCUT2D eigenvalue weighted by Gasteiger charge is 2.35. The fourth-order valence-corrected chi connectivity index (χ4v) is 2.55. The molecule has 1 rings (SSSR count). The Hall–Kier alpha value is -1.47. The number of likely N-dealkylation sites (tertiary alicyclic amines) is 1. The fourth-order valence-electron chi connectivity index (χ4n) is 2.55. The van der Waals surface area contributed by atoms with Crippen LogP contribution in [0.1, 0.15) is 33.6 Å². The third-order valence-electron chi connectivity index (χ3n) is 3.37. The van der Waals surface area contributed by atoms with E-state index < -0.39 is 5.97 Å². The summed E-state index contributed by atoms with van der Waals surface area (Å²) < 4.78 is 0.698. The molecule has 1 fully saturated rings. The second-order valence-corrected chi connectivity index (χ2v) is 6.52. The summed E-state index contributed by atoms with van der Waals surface area (Å²) in [6.07, 6.45) is 0.796. The second kappa shape index (κ2) is 8.85. The van der Waals surface area contributed by atoms with Crippen LogP contribution in [0.2, 0.25) is 0 Å². The van der Waals surface area contributed by atoms with Gasteiger partial charge in [-0.1, -0.05) is 6.92 Å². The molecule has 2 amide bonds. The van der Waals surface area contributed by atoms with E-state index in [9.17, 15) is 14.7 Å². The SMILES string of the molecule is CC(=O)[O-].CC(O)C[N+](C)(C)CCCN1C(=O)CC(C)C1=O. The van der Waals surface area contributed by atoms with Gasteiger partial charge in [0, 0.05) is 31.3 Å². The molecule has 0 spiro atoms. The number of amides is 2. The molecule has 2 atom stereocenters. The fraction of sp³-hybridized carbons (Fsp3) is 0.800. The monoisotopic (exact) mass is 316 g/mol. The molecule has 0 aromatic rings. The molecule has 0 saturated carbocycles. The van der Waals surface area contributed by atoms with E-state index in [1.807, 2.05) is 14.1 Å². The zero-order valence-corrected chi connectivity index (χ0v) is 14.2. The highest BCUT2D eigenvalue weighted by atomic mass is 16.4. The van der Waals surface area contributed by atoms with Crippen LogP contribution in [0.4, 0.5) is 0 Å². The smallest absolute Gasteiger partial charge is 0.232 e. The van der Waals surface area contributed by atoms with Crippen molar-refractivity contribution in [3.63, 3.8) is 0 Å². The minimum atomic E-state index is -1.08. The van der Waals surface area contributed by atoms with Crippen molar-refractivity contribution in [1.29, 1.82) is 0 Å². The number of aliphatic carboxylic acids is 1. The molecule has 1 heterocycles. The van der Waals surface area contributed by atoms with E-state index >= 15 is 0 Å². The third kappa shape index (κ3) is 8.09. The Morgan fingerprint density at radius 3 is 2.32 bits per heavy atom. The molecule has 0 radical (unpaired) electrons. The van der Waals surface area contributed by atoms with E-state index in [0.717, 1.165) is 19.9 Å². The summed E-state index contributed by atoms with van der Waals surface area (Å²) in [6.45, 7) is 6.57. The number of imide groups is 1. The van der Waals surface area contributed by atoms with Crippen LogP contribution in [-0.4, -0.2) is 72.1 Å². The van der Waals surface area contributed by atoms with Gasteiger partial charge in [0.2, 0.25) is 11.8 Å². The number of nitrogens with zero attached hydrogens (tertiary/aromatic N) is 2. The Bertz CT molecular complexity index is 403. The first kappa shape index (κ1) is 20.5. The zero-order valence-electron chi connectivity index (χ0n) is 14.2. The molecule has 0 aliphatic carbocycles. The average Bonchev–Trinajstić information content (AvgIpc) is 2.52. The molecule has 0 bridgehead atoms. The molecule has 22 heavy (non-hydrogen) atoms. The number of quaternary nitrogens is 1. The number of aliphatic hydroxyl groups is 1. The van der Waals surface area contributed by atoms with Crippen LogP contribution in [0.5, 0.6) is 0 Å². The van der Waals surface area contributed by atoms with Crippen molar-refractivity contribution >= 4 is 17.8 Å². The maximum absolute atomic E-state index is 11.7. The lowest BCUT2D eigenvalue weighted by atomic mass is 10.1. The highest BCUT2D eigenvalue weighted by Crippen LogP contribution is 2.19. The van der Waals surface area contributed by atoms with Crippen molar-refractivity contribution in [3.8, 4) is 0 Å². The summed E-state index contributed by atoms with van der Waals surface area (Å²) in [4.78, 5) is 33.6. The van der Waals surface area contributed by atoms with E-state index in [-0.39, 0.29) is 23.8 Å². The third-order valence-corrected chi connectivity index (χ3v) is 3.37. The molecule has 0 aromatic heterocycles. The van der Waals surface area contributed by atoms with E-state index in [1.165, 1.54) is 4.90 Å². The van der Waals surface area contributed by atoms with Crippen LogP contribution in [0.25, 0.3) is 0 Å². The van der Waals surface area contributed by atoms with Gasteiger partial charge in [-0.05, 0) is 13.8 Å². The van der Waals surface area contributed by atoms with Gasteiger partial charge in [-0.3, -0.25) is 14.5 Å². The lowest BCUT2D eigenvalue weighted by Gasteiger charge is -2.31. The summed E-state index contributed by atoms with van der Waals surface area (Å²) in [6, 6.07) is 0. The lowest BCUT2D eigenvalue weighted by Crippen LogP contribution is -2.46. The van der Waals surface area contributed by atoms with Gasteiger partial charge in [0.05, 0.1) is 20.6 Å². The van der Waals surface area contributed by atoms with Crippen LogP contribution < -0.4 is 5.11 Å². The molecular formula is C15H28N2O5. The molecule has 2 unspecified atom stereocenters. The average molecular weight is 316 g/mol. The molecule has 128 valence electrons. The predicted octanol–water partition coefficient (Wildman–Crippen LogP) is -1.02. The number of likely N-dealkylation sites (N-methyl/N-ethyl adjacent to an activating group) is 1. The Morgan fingerprint density at radius 2 is 1.95 bits per heavy atom. The van der Waals surface area contributed by atoms with Gasteiger partial charge >= 0.3 is 0 Å². The molecule has 1 aliphatic heterocycles. The van der Waals surface area contributed by atoms with Gasteiger partial charge in [0.15, 0.2) is 0 Å². The van der Waals surface area contributed by atoms with Crippen molar-refractivity contribution < 1.29 is 29.1 Å². The number of carbonyl (C=O) groups is 3. The van der Waals surface area contributed by atoms with Crippen LogP contribution in [0.3, 0.4) is 0 Å². The molecule has 7 nitrogen and oxygen atoms in total. The van der Waals surface area contributed by atoms with Crippen molar-refractivity contribution in [1.82, 2.24) is 4.90 Å². The number of carbonyl (C=O) groups excluding carboxylic acids is 3. The Morgan fingerprint density at radius 1 is 1.45 bits per heavy atom.